The molecule has 5 nitrogen and oxygen atoms in total. The van der Waals surface area contributed by atoms with Crippen LogP contribution in [0.4, 0.5) is 5.69 Å². The highest BCUT2D eigenvalue weighted by atomic mass is 79.9. The van der Waals surface area contributed by atoms with Crippen LogP contribution in [0.2, 0.25) is 0 Å². The molecule has 6 heteroatoms. The second kappa shape index (κ2) is 7.51. The standard InChI is InChI=1S/C22H20BrNO4/c1-13-2-11-18-19(12-13)21(26)24(20(18)25)16-7-9-17(10-8-16)28-22(27)14-3-5-15(23)6-4-14/h3-10,13,18-19H,2,11-12H2,1H3/t13-,18-,19+/m1/s1. The van der Waals surface area contributed by atoms with E-state index in [9.17, 15) is 14.4 Å². The van der Waals surface area contributed by atoms with Crippen LogP contribution in [0, 0.1) is 17.8 Å². The van der Waals surface area contributed by atoms with Crippen LogP contribution in [0.3, 0.4) is 0 Å². The fourth-order valence-corrected chi connectivity index (χ4v) is 4.32. The minimum Gasteiger partial charge on any atom is -0.423 e. The molecule has 2 amide bonds. The van der Waals surface area contributed by atoms with Crippen LogP contribution in [0.1, 0.15) is 36.5 Å². The van der Waals surface area contributed by atoms with Gasteiger partial charge in [0.05, 0.1) is 23.1 Å². The van der Waals surface area contributed by atoms with E-state index in [0.717, 1.165) is 23.7 Å². The van der Waals surface area contributed by atoms with Gasteiger partial charge in [-0.15, -0.1) is 0 Å². The van der Waals surface area contributed by atoms with Crippen LogP contribution in [0.5, 0.6) is 5.75 Å². The minimum atomic E-state index is -0.464. The molecule has 2 aromatic rings. The summed E-state index contributed by atoms with van der Waals surface area (Å²) in [4.78, 5) is 39.1. The van der Waals surface area contributed by atoms with Gasteiger partial charge in [0.2, 0.25) is 11.8 Å². The highest BCUT2D eigenvalue weighted by Gasteiger charge is 2.49. The predicted octanol–water partition coefficient (Wildman–Crippen LogP) is 4.59. The van der Waals surface area contributed by atoms with Gasteiger partial charge >= 0.3 is 5.97 Å². The van der Waals surface area contributed by atoms with Crippen LogP contribution < -0.4 is 9.64 Å². The first-order chi connectivity index (χ1) is 13.4. The van der Waals surface area contributed by atoms with E-state index in [1.165, 1.54) is 4.90 Å². The number of benzene rings is 2. The number of esters is 1. The molecular weight excluding hydrogens is 422 g/mol. The number of carbonyl (C=O) groups is 3. The van der Waals surface area contributed by atoms with Gasteiger partial charge in [-0.05, 0) is 73.7 Å². The van der Waals surface area contributed by atoms with Gasteiger partial charge in [-0.2, -0.15) is 0 Å². The maximum Gasteiger partial charge on any atom is 0.343 e. The summed E-state index contributed by atoms with van der Waals surface area (Å²) >= 11 is 3.33. The average Bonchev–Trinajstić information content (AvgIpc) is 2.93. The normalized spacial score (nSPS) is 24.2. The van der Waals surface area contributed by atoms with Gasteiger partial charge in [0.15, 0.2) is 0 Å². The van der Waals surface area contributed by atoms with E-state index in [0.29, 0.717) is 22.9 Å². The molecule has 1 aliphatic heterocycles. The van der Waals surface area contributed by atoms with Crippen molar-refractivity contribution in [1.82, 2.24) is 0 Å². The molecule has 3 atom stereocenters. The fraction of sp³-hybridized carbons (Fsp3) is 0.318. The molecule has 0 radical (unpaired) electrons. The summed E-state index contributed by atoms with van der Waals surface area (Å²) in [6, 6.07) is 13.4. The maximum absolute atomic E-state index is 12.8. The Morgan fingerprint density at radius 1 is 0.964 bits per heavy atom. The smallest absolute Gasteiger partial charge is 0.343 e. The Kier molecular flexibility index (Phi) is 5.06. The summed E-state index contributed by atoms with van der Waals surface area (Å²) in [5.74, 6) is -0.249. The first-order valence-electron chi connectivity index (χ1n) is 9.39. The van der Waals surface area contributed by atoms with E-state index in [-0.39, 0.29) is 23.7 Å². The molecule has 1 saturated carbocycles. The van der Waals surface area contributed by atoms with E-state index in [1.807, 2.05) is 0 Å². The van der Waals surface area contributed by atoms with E-state index >= 15 is 0 Å². The molecular formula is C22H20BrNO4. The van der Waals surface area contributed by atoms with Crippen LogP contribution in [-0.2, 0) is 9.59 Å². The number of rotatable bonds is 3. The quantitative estimate of drug-likeness (QED) is 0.396. The summed E-state index contributed by atoms with van der Waals surface area (Å²) in [6.45, 7) is 2.13. The Morgan fingerprint density at radius 2 is 1.61 bits per heavy atom. The highest BCUT2D eigenvalue weighted by molar-refractivity contribution is 9.10. The summed E-state index contributed by atoms with van der Waals surface area (Å²) in [5.41, 5.74) is 0.968. The Labute approximate surface area is 171 Å². The van der Waals surface area contributed by atoms with Crippen LogP contribution in [0.15, 0.2) is 53.0 Å². The van der Waals surface area contributed by atoms with Gasteiger partial charge in [-0.3, -0.25) is 14.5 Å². The Bertz CT molecular complexity index is 923. The van der Waals surface area contributed by atoms with Gasteiger partial charge in [-0.25, -0.2) is 4.79 Å². The number of amides is 2. The number of fused-ring (bicyclic) bond motifs is 1. The number of carbonyl (C=O) groups excluding carboxylic acids is 3. The van der Waals surface area contributed by atoms with E-state index in [2.05, 4.69) is 22.9 Å². The zero-order valence-electron chi connectivity index (χ0n) is 15.4. The topological polar surface area (TPSA) is 63.7 Å². The molecule has 0 bridgehead atoms. The van der Waals surface area contributed by atoms with Crippen LogP contribution >= 0.6 is 15.9 Å². The predicted molar refractivity (Wildman–Crippen MR) is 108 cm³/mol. The van der Waals surface area contributed by atoms with Gasteiger partial charge in [0, 0.05) is 4.47 Å². The average molecular weight is 442 g/mol. The molecule has 1 heterocycles. The molecule has 0 aromatic heterocycles. The molecule has 1 aliphatic carbocycles. The Morgan fingerprint density at radius 3 is 2.29 bits per heavy atom. The third kappa shape index (κ3) is 3.49. The van der Waals surface area contributed by atoms with Crippen molar-refractivity contribution in [2.24, 2.45) is 17.8 Å². The first-order valence-corrected chi connectivity index (χ1v) is 10.2. The highest BCUT2D eigenvalue weighted by Crippen LogP contribution is 2.42. The van der Waals surface area contributed by atoms with Crippen molar-refractivity contribution in [3.63, 3.8) is 0 Å². The molecule has 2 fully saturated rings. The van der Waals surface area contributed by atoms with Crippen molar-refractivity contribution in [2.75, 3.05) is 4.90 Å². The van der Waals surface area contributed by atoms with Gasteiger partial charge in [-0.1, -0.05) is 22.9 Å². The lowest BCUT2D eigenvalue weighted by atomic mass is 9.76. The van der Waals surface area contributed by atoms with Gasteiger partial charge in [0.25, 0.3) is 0 Å². The number of halogens is 1. The van der Waals surface area contributed by atoms with Crippen molar-refractivity contribution in [2.45, 2.75) is 26.2 Å². The second-order valence-electron chi connectivity index (χ2n) is 7.53. The number of anilines is 1. The third-order valence-electron chi connectivity index (χ3n) is 5.57. The second-order valence-corrected chi connectivity index (χ2v) is 8.45. The fourth-order valence-electron chi connectivity index (χ4n) is 4.06. The number of imide groups is 1. The number of ether oxygens (including phenoxy) is 1. The minimum absolute atomic E-state index is 0.110. The molecule has 2 aliphatic rings. The molecule has 1 saturated heterocycles. The Balaban J connectivity index is 1.49. The van der Waals surface area contributed by atoms with Crippen molar-refractivity contribution in [3.05, 3.63) is 58.6 Å². The van der Waals surface area contributed by atoms with Crippen LogP contribution in [-0.4, -0.2) is 17.8 Å². The summed E-state index contributed by atoms with van der Waals surface area (Å²) in [5, 5.41) is 0. The van der Waals surface area contributed by atoms with Crippen molar-refractivity contribution < 1.29 is 19.1 Å². The summed E-state index contributed by atoms with van der Waals surface area (Å²) in [6.07, 6.45) is 2.53. The molecule has 0 N–H and O–H groups in total. The van der Waals surface area contributed by atoms with Crippen LogP contribution in [0.25, 0.3) is 0 Å². The van der Waals surface area contributed by atoms with E-state index < -0.39 is 5.97 Å². The lowest BCUT2D eigenvalue weighted by molar-refractivity contribution is -0.122. The largest absolute Gasteiger partial charge is 0.423 e. The molecule has 144 valence electrons. The molecule has 4 rings (SSSR count). The van der Waals surface area contributed by atoms with Gasteiger partial charge in [0.1, 0.15) is 5.75 Å². The molecule has 0 unspecified atom stereocenters. The number of hydrogen-bond donors (Lipinski definition) is 0. The SMILES string of the molecule is C[C@@H]1CC[C@H]2C(=O)N(c3ccc(OC(=O)c4ccc(Br)cc4)cc3)C(=O)[C@H]2C1. The van der Waals surface area contributed by atoms with Gasteiger partial charge < -0.3 is 4.74 Å². The number of hydrogen-bond acceptors (Lipinski definition) is 4. The maximum atomic E-state index is 12.8. The zero-order valence-corrected chi connectivity index (χ0v) is 17.0. The summed E-state index contributed by atoms with van der Waals surface area (Å²) < 4.78 is 6.26. The summed E-state index contributed by atoms with van der Waals surface area (Å²) in [7, 11) is 0. The zero-order chi connectivity index (χ0) is 19.8. The third-order valence-corrected chi connectivity index (χ3v) is 6.10. The Hall–Kier alpha value is -2.47. The lowest BCUT2D eigenvalue weighted by Crippen LogP contribution is -2.30. The van der Waals surface area contributed by atoms with E-state index in [1.54, 1.807) is 48.5 Å². The molecule has 0 spiro atoms. The first kappa shape index (κ1) is 18.9. The van der Waals surface area contributed by atoms with E-state index in [4.69, 9.17) is 4.74 Å². The van der Waals surface area contributed by atoms with Crippen molar-refractivity contribution in [3.8, 4) is 5.75 Å². The number of nitrogens with zero attached hydrogens (tertiary/aromatic N) is 1. The monoisotopic (exact) mass is 441 g/mol. The van der Waals surface area contributed by atoms with Crippen molar-refractivity contribution in [1.29, 1.82) is 0 Å². The lowest BCUT2D eigenvalue weighted by Gasteiger charge is -2.25. The molecule has 2 aromatic carbocycles. The molecule has 28 heavy (non-hydrogen) atoms. The van der Waals surface area contributed by atoms with Crippen molar-refractivity contribution >= 4 is 39.4 Å².